The van der Waals surface area contributed by atoms with E-state index in [1.165, 1.54) is 10.8 Å². The summed E-state index contributed by atoms with van der Waals surface area (Å²) in [5, 5.41) is 14.6. The lowest BCUT2D eigenvalue weighted by Gasteiger charge is -2.31. The van der Waals surface area contributed by atoms with E-state index in [9.17, 15) is 23.1 Å². The second-order valence-electron chi connectivity index (χ2n) is 8.57. The van der Waals surface area contributed by atoms with Crippen molar-refractivity contribution in [2.75, 3.05) is 19.7 Å². The van der Waals surface area contributed by atoms with Crippen molar-refractivity contribution in [1.29, 1.82) is 0 Å². The molecule has 170 valence electrons. The molecule has 1 amide bonds. The molecule has 2 aromatic heterocycles. The summed E-state index contributed by atoms with van der Waals surface area (Å²) in [6.45, 7) is 6.26. The van der Waals surface area contributed by atoms with E-state index in [-0.39, 0.29) is 11.9 Å². The molecule has 0 spiro atoms. The van der Waals surface area contributed by atoms with E-state index in [0.29, 0.717) is 56.4 Å². The number of fused-ring (bicyclic) bond motifs is 3. The lowest BCUT2D eigenvalue weighted by Crippen LogP contribution is -2.42. The van der Waals surface area contributed by atoms with Crippen LogP contribution in [0.15, 0.2) is 12.3 Å². The average Bonchev–Trinajstić information content (AvgIpc) is 3.30. The lowest BCUT2D eigenvalue weighted by molar-refractivity contribution is -0.262. The minimum atomic E-state index is -4.85. The van der Waals surface area contributed by atoms with Crippen molar-refractivity contribution in [3.8, 4) is 17.3 Å². The van der Waals surface area contributed by atoms with Crippen LogP contribution >= 0.6 is 0 Å². The molecule has 31 heavy (non-hydrogen) atoms. The van der Waals surface area contributed by atoms with E-state index in [0.717, 1.165) is 12.8 Å². The molecule has 8 nitrogen and oxygen atoms in total. The molecule has 2 atom stereocenters. The number of carbonyl (C=O) groups excluding carboxylic acids is 1. The molecule has 2 aromatic rings. The first kappa shape index (κ1) is 21.7. The third-order valence-corrected chi connectivity index (χ3v) is 6.21. The van der Waals surface area contributed by atoms with E-state index >= 15 is 0 Å². The molecule has 0 aliphatic carbocycles. The zero-order chi connectivity index (χ0) is 22.6. The van der Waals surface area contributed by atoms with Crippen LogP contribution in [0.2, 0.25) is 0 Å². The molecular formula is C20H26F3N5O3. The number of alkyl halides is 3. The molecule has 2 aliphatic heterocycles. The molecule has 1 unspecified atom stereocenters. The van der Waals surface area contributed by atoms with Crippen molar-refractivity contribution in [1.82, 2.24) is 24.2 Å². The molecule has 2 aliphatic rings. The number of hydrogen-bond donors (Lipinski definition) is 1. The monoisotopic (exact) mass is 441 g/mol. The Balaban J connectivity index is 1.51. The molecule has 4 heterocycles. The topological polar surface area (TPSA) is 85.4 Å². The Hall–Kier alpha value is -2.56. The van der Waals surface area contributed by atoms with Gasteiger partial charge in [-0.1, -0.05) is 0 Å². The SMILES string of the molecule is CC(=O)N1CCC(COc2cc3n(n2)C[C@H](C)n2c-3cnc2C(C)(O)C(F)(F)F)CC1. The molecule has 0 radical (unpaired) electrons. The number of ether oxygens (including phenoxy) is 1. The summed E-state index contributed by atoms with van der Waals surface area (Å²) in [4.78, 5) is 17.2. The molecule has 0 saturated carbocycles. The Bertz CT molecular complexity index is 973. The van der Waals surface area contributed by atoms with Crippen LogP contribution in [0.3, 0.4) is 0 Å². The fourth-order valence-electron chi connectivity index (χ4n) is 4.24. The van der Waals surface area contributed by atoms with Gasteiger partial charge in [0.1, 0.15) is 0 Å². The number of halogens is 3. The predicted molar refractivity (Wildman–Crippen MR) is 104 cm³/mol. The standard InChI is InChI=1S/C20H26F3N5O3/c1-12-10-27-15(16-9-24-18(28(12)16)19(3,30)20(21,22)23)8-17(25-27)31-11-14-4-6-26(7-5-14)13(2)29/h8-9,12,14,30H,4-7,10-11H2,1-3H3/t12-,19?/m0/s1. The van der Waals surface area contributed by atoms with Gasteiger partial charge in [0, 0.05) is 26.1 Å². The van der Waals surface area contributed by atoms with Gasteiger partial charge in [0.25, 0.3) is 0 Å². The summed E-state index contributed by atoms with van der Waals surface area (Å²) in [6, 6.07) is 1.31. The molecule has 0 bridgehead atoms. The first-order valence-corrected chi connectivity index (χ1v) is 10.3. The van der Waals surface area contributed by atoms with E-state index in [1.54, 1.807) is 24.6 Å². The zero-order valence-electron chi connectivity index (χ0n) is 17.7. The van der Waals surface area contributed by atoms with Gasteiger partial charge in [-0.25, -0.2) is 4.98 Å². The highest BCUT2D eigenvalue weighted by atomic mass is 19.4. The molecule has 1 saturated heterocycles. The molecular weight excluding hydrogens is 415 g/mol. The number of imidazole rings is 1. The van der Waals surface area contributed by atoms with E-state index < -0.39 is 17.6 Å². The first-order valence-electron chi connectivity index (χ1n) is 10.3. The van der Waals surface area contributed by atoms with E-state index in [2.05, 4.69) is 10.1 Å². The lowest BCUT2D eigenvalue weighted by atomic mass is 9.98. The number of amides is 1. The summed E-state index contributed by atoms with van der Waals surface area (Å²) in [5.41, 5.74) is -2.01. The predicted octanol–water partition coefficient (Wildman–Crippen LogP) is 2.73. The third kappa shape index (κ3) is 3.79. The van der Waals surface area contributed by atoms with Gasteiger partial charge in [-0.05, 0) is 32.6 Å². The maximum absolute atomic E-state index is 13.4. The van der Waals surface area contributed by atoms with Crippen molar-refractivity contribution in [2.24, 2.45) is 5.92 Å². The minimum Gasteiger partial charge on any atom is -0.476 e. The normalized spacial score (nSPS) is 21.4. The highest BCUT2D eigenvalue weighted by Gasteiger charge is 2.55. The summed E-state index contributed by atoms with van der Waals surface area (Å²) in [5.74, 6) is 0.354. The second-order valence-corrected chi connectivity index (χ2v) is 8.57. The Morgan fingerprint density at radius 1 is 1.29 bits per heavy atom. The van der Waals surface area contributed by atoms with Gasteiger partial charge in [0.15, 0.2) is 5.82 Å². The van der Waals surface area contributed by atoms with Crippen LogP contribution in [-0.2, 0) is 16.9 Å². The molecule has 1 N–H and O–H groups in total. The summed E-state index contributed by atoms with van der Waals surface area (Å²) >= 11 is 0. The number of carbonyl (C=O) groups is 1. The van der Waals surface area contributed by atoms with Crippen LogP contribution in [-0.4, -0.2) is 61.1 Å². The maximum atomic E-state index is 13.4. The Kier molecular flexibility index (Phi) is 5.27. The third-order valence-electron chi connectivity index (χ3n) is 6.21. The number of rotatable bonds is 4. The van der Waals surface area contributed by atoms with Crippen molar-refractivity contribution < 1.29 is 27.8 Å². The maximum Gasteiger partial charge on any atom is 0.424 e. The zero-order valence-corrected chi connectivity index (χ0v) is 17.7. The highest BCUT2D eigenvalue weighted by molar-refractivity contribution is 5.73. The van der Waals surface area contributed by atoms with Crippen LogP contribution in [0.1, 0.15) is 45.5 Å². The van der Waals surface area contributed by atoms with Crippen LogP contribution in [0.5, 0.6) is 5.88 Å². The van der Waals surface area contributed by atoms with Crippen molar-refractivity contribution in [3.05, 3.63) is 18.1 Å². The number of aliphatic hydroxyl groups is 1. The van der Waals surface area contributed by atoms with Crippen LogP contribution in [0.25, 0.3) is 11.4 Å². The summed E-state index contributed by atoms with van der Waals surface area (Å²) in [6.07, 6.45) is -1.81. The van der Waals surface area contributed by atoms with Gasteiger partial charge in [-0.2, -0.15) is 13.2 Å². The molecule has 4 rings (SSSR count). The van der Waals surface area contributed by atoms with Gasteiger partial charge in [0.2, 0.25) is 17.4 Å². The summed E-state index contributed by atoms with van der Waals surface area (Å²) in [7, 11) is 0. The van der Waals surface area contributed by atoms with Crippen LogP contribution < -0.4 is 4.74 Å². The fraction of sp³-hybridized carbons (Fsp3) is 0.650. The van der Waals surface area contributed by atoms with E-state index in [1.807, 2.05) is 4.90 Å². The number of piperidine rings is 1. The van der Waals surface area contributed by atoms with Gasteiger partial charge in [0.05, 0.1) is 36.8 Å². The van der Waals surface area contributed by atoms with Crippen molar-refractivity contribution >= 4 is 5.91 Å². The van der Waals surface area contributed by atoms with Crippen LogP contribution in [0, 0.1) is 5.92 Å². The van der Waals surface area contributed by atoms with Gasteiger partial charge >= 0.3 is 6.18 Å². The van der Waals surface area contributed by atoms with Crippen LogP contribution in [0.4, 0.5) is 13.2 Å². The van der Waals surface area contributed by atoms with Gasteiger partial charge in [-0.15, -0.1) is 5.10 Å². The molecule has 11 heteroatoms. The number of nitrogens with zero attached hydrogens (tertiary/aromatic N) is 5. The second kappa shape index (κ2) is 7.54. The number of likely N-dealkylation sites (tertiary alicyclic amines) is 1. The van der Waals surface area contributed by atoms with Crippen molar-refractivity contribution in [3.63, 3.8) is 0 Å². The number of aromatic nitrogens is 4. The molecule has 1 fully saturated rings. The smallest absolute Gasteiger partial charge is 0.424 e. The Morgan fingerprint density at radius 2 is 1.97 bits per heavy atom. The van der Waals surface area contributed by atoms with E-state index in [4.69, 9.17) is 4.74 Å². The highest BCUT2D eigenvalue weighted by Crippen LogP contribution is 2.42. The fourth-order valence-corrected chi connectivity index (χ4v) is 4.24. The summed E-state index contributed by atoms with van der Waals surface area (Å²) < 4.78 is 49.1. The van der Waals surface area contributed by atoms with Crippen molar-refractivity contribution in [2.45, 2.75) is 58.0 Å². The number of hydrogen-bond acceptors (Lipinski definition) is 5. The Labute approximate surface area is 177 Å². The van der Waals surface area contributed by atoms with Gasteiger partial charge in [-0.3, -0.25) is 9.48 Å². The largest absolute Gasteiger partial charge is 0.476 e. The first-order chi connectivity index (χ1) is 14.5. The average molecular weight is 441 g/mol. The Morgan fingerprint density at radius 3 is 2.58 bits per heavy atom. The quantitative estimate of drug-likeness (QED) is 0.789. The molecule has 0 aromatic carbocycles. The van der Waals surface area contributed by atoms with Gasteiger partial charge < -0.3 is 19.3 Å². The minimum absolute atomic E-state index is 0.0794.